The van der Waals surface area contributed by atoms with Crippen LogP contribution in [0.2, 0.25) is 0 Å². The highest BCUT2D eigenvalue weighted by Gasteiger charge is 2.28. The van der Waals surface area contributed by atoms with Crippen molar-refractivity contribution >= 4 is 16.8 Å². The number of aryl methyl sites for hydroxylation is 1. The lowest BCUT2D eigenvalue weighted by molar-refractivity contribution is 0.0700. The molecule has 0 fully saturated rings. The van der Waals surface area contributed by atoms with E-state index >= 15 is 0 Å². The Kier molecular flexibility index (Phi) is 4.51. The zero-order chi connectivity index (χ0) is 18.1. The predicted molar refractivity (Wildman–Crippen MR) is 99.9 cm³/mol. The third-order valence-corrected chi connectivity index (χ3v) is 5.19. The first-order valence-corrected chi connectivity index (χ1v) is 9.01. The zero-order valence-corrected chi connectivity index (χ0v) is 15.3. The van der Waals surface area contributed by atoms with Crippen molar-refractivity contribution in [3.63, 3.8) is 0 Å². The minimum Gasteiger partial charge on any atom is -0.385 e. The van der Waals surface area contributed by atoms with Crippen LogP contribution in [-0.2, 0) is 24.9 Å². The summed E-state index contributed by atoms with van der Waals surface area (Å²) in [7, 11) is 3.61. The number of methoxy groups -OCH3 is 1. The third kappa shape index (κ3) is 3.01. The molecule has 6 nitrogen and oxygen atoms in total. The summed E-state index contributed by atoms with van der Waals surface area (Å²) < 4.78 is 9.31. The molecule has 3 heterocycles. The van der Waals surface area contributed by atoms with E-state index in [-0.39, 0.29) is 5.91 Å². The van der Waals surface area contributed by atoms with Gasteiger partial charge in [-0.2, -0.15) is 5.10 Å². The van der Waals surface area contributed by atoms with Crippen molar-refractivity contribution in [2.75, 3.05) is 20.3 Å². The van der Waals surface area contributed by atoms with E-state index < -0.39 is 0 Å². The van der Waals surface area contributed by atoms with E-state index in [4.69, 9.17) is 4.74 Å². The van der Waals surface area contributed by atoms with Crippen LogP contribution in [0.25, 0.3) is 10.9 Å². The van der Waals surface area contributed by atoms with E-state index in [9.17, 15) is 4.79 Å². The lowest BCUT2D eigenvalue weighted by Crippen LogP contribution is -2.34. The van der Waals surface area contributed by atoms with Gasteiger partial charge in [-0.1, -0.05) is 18.2 Å². The van der Waals surface area contributed by atoms with Gasteiger partial charge in [0.2, 0.25) is 0 Å². The molecular formula is C20H24N4O2. The van der Waals surface area contributed by atoms with E-state index in [1.807, 2.05) is 42.3 Å². The van der Waals surface area contributed by atoms with Gasteiger partial charge >= 0.3 is 0 Å². The van der Waals surface area contributed by atoms with Crippen LogP contribution in [0.4, 0.5) is 0 Å². The second kappa shape index (κ2) is 6.96. The number of ether oxygens (including phenoxy) is 1. The molecule has 6 heteroatoms. The predicted octanol–water partition coefficient (Wildman–Crippen LogP) is 2.68. The molecule has 0 spiro atoms. The zero-order valence-electron chi connectivity index (χ0n) is 15.3. The summed E-state index contributed by atoms with van der Waals surface area (Å²) in [4.78, 5) is 15.3. The summed E-state index contributed by atoms with van der Waals surface area (Å²) in [6.07, 6.45) is 3.03. The Labute approximate surface area is 153 Å². The van der Waals surface area contributed by atoms with Crippen molar-refractivity contribution in [2.45, 2.75) is 19.5 Å². The SMILES string of the molecule is COCCC1CN(C(=O)c2nn(C)c3ccccc23)Cc2cccn2C1. The lowest BCUT2D eigenvalue weighted by Gasteiger charge is -2.23. The fraction of sp³-hybridized carbons (Fsp3) is 0.400. The van der Waals surface area contributed by atoms with E-state index in [0.29, 0.717) is 24.8 Å². The highest BCUT2D eigenvalue weighted by atomic mass is 16.5. The summed E-state index contributed by atoms with van der Waals surface area (Å²) in [5, 5.41) is 5.43. The molecule has 1 amide bonds. The minimum atomic E-state index is -0.00105. The Morgan fingerprint density at radius 2 is 2.08 bits per heavy atom. The second-order valence-corrected chi connectivity index (χ2v) is 6.97. The van der Waals surface area contributed by atoms with Crippen LogP contribution in [0.1, 0.15) is 22.6 Å². The van der Waals surface area contributed by atoms with Crippen molar-refractivity contribution < 1.29 is 9.53 Å². The van der Waals surface area contributed by atoms with Crippen molar-refractivity contribution in [3.8, 4) is 0 Å². The maximum Gasteiger partial charge on any atom is 0.275 e. The number of aromatic nitrogens is 3. The number of carbonyl (C=O) groups is 1. The first-order valence-electron chi connectivity index (χ1n) is 9.01. The smallest absolute Gasteiger partial charge is 0.275 e. The van der Waals surface area contributed by atoms with Crippen LogP contribution in [-0.4, -0.2) is 45.4 Å². The molecule has 1 aromatic carbocycles. The number of nitrogens with zero attached hydrogens (tertiary/aromatic N) is 4. The minimum absolute atomic E-state index is 0.00105. The number of rotatable bonds is 4. The lowest BCUT2D eigenvalue weighted by atomic mass is 10.1. The molecule has 0 N–H and O–H groups in total. The Morgan fingerprint density at radius 3 is 2.92 bits per heavy atom. The van der Waals surface area contributed by atoms with Crippen molar-refractivity contribution in [3.05, 3.63) is 54.0 Å². The molecule has 1 aliphatic heterocycles. The fourth-order valence-electron chi connectivity index (χ4n) is 3.82. The average Bonchev–Trinajstić information content (AvgIpc) is 3.18. The normalized spacial score (nSPS) is 17.3. The number of hydrogen-bond donors (Lipinski definition) is 0. The van der Waals surface area contributed by atoms with Gasteiger partial charge in [0.15, 0.2) is 5.69 Å². The molecule has 0 bridgehead atoms. The summed E-state index contributed by atoms with van der Waals surface area (Å²) in [6.45, 7) is 2.95. The van der Waals surface area contributed by atoms with E-state index in [2.05, 4.69) is 21.9 Å². The van der Waals surface area contributed by atoms with Gasteiger partial charge in [0.05, 0.1) is 12.1 Å². The Balaban J connectivity index is 1.67. The van der Waals surface area contributed by atoms with E-state index in [1.165, 1.54) is 5.69 Å². The van der Waals surface area contributed by atoms with Crippen LogP contribution in [0, 0.1) is 5.92 Å². The van der Waals surface area contributed by atoms with Gasteiger partial charge in [-0.05, 0) is 30.5 Å². The number of hydrogen-bond acceptors (Lipinski definition) is 3. The molecule has 0 saturated carbocycles. The molecule has 0 aliphatic carbocycles. The number of carbonyl (C=O) groups excluding carboxylic acids is 1. The summed E-state index contributed by atoms with van der Waals surface area (Å²) in [6, 6.07) is 12.0. The van der Waals surface area contributed by atoms with Gasteiger partial charge in [-0.25, -0.2) is 0 Å². The van der Waals surface area contributed by atoms with Gasteiger partial charge in [-0.15, -0.1) is 0 Å². The molecule has 4 rings (SSSR count). The Hall–Kier alpha value is -2.60. The molecule has 1 aliphatic rings. The molecule has 1 unspecified atom stereocenters. The molecule has 2 aromatic heterocycles. The molecule has 0 radical (unpaired) electrons. The topological polar surface area (TPSA) is 52.3 Å². The van der Waals surface area contributed by atoms with Crippen LogP contribution in [0.5, 0.6) is 0 Å². The quantitative estimate of drug-likeness (QED) is 0.725. The number of benzene rings is 1. The van der Waals surface area contributed by atoms with Crippen LogP contribution in [0.3, 0.4) is 0 Å². The van der Waals surface area contributed by atoms with E-state index in [1.54, 1.807) is 11.8 Å². The highest BCUT2D eigenvalue weighted by Crippen LogP contribution is 2.24. The average molecular weight is 352 g/mol. The summed E-state index contributed by atoms with van der Waals surface area (Å²) in [5.41, 5.74) is 2.68. The summed E-state index contributed by atoms with van der Waals surface area (Å²) >= 11 is 0. The largest absolute Gasteiger partial charge is 0.385 e. The molecular weight excluding hydrogens is 328 g/mol. The van der Waals surface area contributed by atoms with Crippen LogP contribution >= 0.6 is 0 Å². The Bertz CT molecular complexity index is 927. The number of fused-ring (bicyclic) bond motifs is 2. The molecule has 136 valence electrons. The third-order valence-electron chi connectivity index (χ3n) is 5.19. The van der Waals surface area contributed by atoms with Gasteiger partial charge in [0.1, 0.15) is 0 Å². The monoisotopic (exact) mass is 352 g/mol. The Morgan fingerprint density at radius 1 is 1.23 bits per heavy atom. The fourth-order valence-corrected chi connectivity index (χ4v) is 3.82. The van der Waals surface area contributed by atoms with Crippen molar-refractivity contribution in [1.29, 1.82) is 0 Å². The first-order chi connectivity index (χ1) is 12.7. The number of para-hydroxylation sites is 1. The second-order valence-electron chi connectivity index (χ2n) is 6.97. The van der Waals surface area contributed by atoms with Gasteiger partial charge in [0.25, 0.3) is 5.91 Å². The van der Waals surface area contributed by atoms with Crippen LogP contribution in [0.15, 0.2) is 42.6 Å². The molecule has 0 saturated heterocycles. The maximum atomic E-state index is 13.3. The van der Waals surface area contributed by atoms with Crippen molar-refractivity contribution in [1.82, 2.24) is 19.2 Å². The van der Waals surface area contributed by atoms with Gasteiger partial charge in [0, 0.05) is 51.1 Å². The molecule has 1 atom stereocenters. The van der Waals surface area contributed by atoms with Crippen LogP contribution < -0.4 is 0 Å². The van der Waals surface area contributed by atoms with Gasteiger partial charge in [-0.3, -0.25) is 9.48 Å². The first kappa shape index (κ1) is 16.8. The van der Waals surface area contributed by atoms with Crippen molar-refractivity contribution in [2.24, 2.45) is 13.0 Å². The molecule has 3 aromatic rings. The highest BCUT2D eigenvalue weighted by molar-refractivity contribution is 6.04. The van der Waals surface area contributed by atoms with E-state index in [0.717, 1.165) is 30.4 Å². The molecule has 26 heavy (non-hydrogen) atoms. The summed E-state index contributed by atoms with van der Waals surface area (Å²) in [5.74, 6) is 0.362. The standard InChI is InChI=1S/C20H24N4O2/c1-22-18-8-4-3-7-17(18)19(21-22)20(25)24-13-15(9-11-26-2)12-23-10-5-6-16(23)14-24/h3-8,10,15H,9,11-14H2,1-2H3. The number of amides is 1. The van der Waals surface area contributed by atoms with Gasteiger partial charge < -0.3 is 14.2 Å². The maximum absolute atomic E-state index is 13.3.